The molecule has 0 spiro atoms. The fraction of sp³-hybridized carbons (Fsp3) is 0.514. The summed E-state index contributed by atoms with van der Waals surface area (Å²) in [6.07, 6.45) is 16.3. The molecule has 0 amide bonds. The van der Waals surface area contributed by atoms with Crippen molar-refractivity contribution in [1.82, 2.24) is 4.90 Å². The first-order valence-corrected chi connectivity index (χ1v) is 16.2. The lowest BCUT2D eigenvalue weighted by atomic mass is 9.76. The number of ether oxygens (including phenoxy) is 2. The number of fused-ring (bicyclic) bond motifs is 1. The first kappa shape index (κ1) is 29.5. The van der Waals surface area contributed by atoms with Crippen molar-refractivity contribution in [3.8, 4) is 17.2 Å². The predicted octanol–water partition coefficient (Wildman–Crippen LogP) is 9.08. The van der Waals surface area contributed by atoms with Crippen LogP contribution in [0.15, 0.2) is 72.8 Å². The molecule has 1 saturated heterocycles. The van der Waals surface area contributed by atoms with Crippen LogP contribution in [0.3, 0.4) is 0 Å². The largest absolute Gasteiger partial charge is 0.508 e. The van der Waals surface area contributed by atoms with Gasteiger partial charge in [0, 0.05) is 23.5 Å². The number of phenolic OH excluding ortho intramolecular Hbond substituents is 1. The molecular weight excluding hydrogens is 506 g/mol. The molecule has 0 radical (unpaired) electrons. The number of hydrogen-bond acceptors (Lipinski definition) is 4. The third-order valence-electron chi connectivity index (χ3n) is 8.96. The average Bonchev–Trinajstić information content (AvgIpc) is 3.53. The van der Waals surface area contributed by atoms with Crippen LogP contribution in [0.1, 0.15) is 106 Å². The van der Waals surface area contributed by atoms with Gasteiger partial charge in [0.05, 0.1) is 13.2 Å². The lowest BCUT2D eigenvalue weighted by molar-refractivity contribution is 0.247. The van der Waals surface area contributed by atoms with E-state index in [4.69, 9.17) is 9.47 Å². The minimum atomic E-state index is 0.158. The van der Waals surface area contributed by atoms with Crippen molar-refractivity contribution in [3.63, 3.8) is 0 Å². The van der Waals surface area contributed by atoms with Gasteiger partial charge in [-0.3, -0.25) is 0 Å². The van der Waals surface area contributed by atoms with E-state index >= 15 is 0 Å². The summed E-state index contributed by atoms with van der Waals surface area (Å²) >= 11 is 0. The van der Waals surface area contributed by atoms with Gasteiger partial charge < -0.3 is 19.5 Å². The lowest BCUT2D eigenvalue weighted by Gasteiger charge is -2.34. The first-order chi connectivity index (χ1) is 20.3. The van der Waals surface area contributed by atoms with E-state index in [0.29, 0.717) is 6.61 Å². The molecule has 0 aromatic heterocycles. The second kappa shape index (κ2) is 15.9. The first-order valence-electron chi connectivity index (χ1n) is 16.2. The molecule has 0 aliphatic carbocycles. The van der Waals surface area contributed by atoms with Crippen LogP contribution in [-0.2, 0) is 0 Å². The summed E-state index contributed by atoms with van der Waals surface area (Å²) in [6, 6.07) is 24.7. The summed E-state index contributed by atoms with van der Waals surface area (Å²) in [5, 5.41) is 10.0. The molecule has 4 nitrogen and oxygen atoms in total. The van der Waals surface area contributed by atoms with E-state index in [2.05, 4.69) is 59.5 Å². The maximum absolute atomic E-state index is 10.0. The number of benzene rings is 3. The Labute approximate surface area is 247 Å². The lowest BCUT2D eigenvalue weighted by Crippen LogP contribution is -2.25. The zero-order chi connectivity index (χ0) is 28.1. The van der Waals surface area contributed by atoms with Gasteiger partial charge >= 0.3 is 0 Å². The third-order valence-corrected chi connectivity index (χ3v) is 8.96. The Bertz CT molecular complexity index is 1160. The minimum Gasteiger partial charge on any atom is -0.508 e. The molecule has 2 atom stereocenters. The Morgan fingerprint density at radius 1 is 0.707 bits per heavy atom. The van der Waals surface area contributed by atoms with Crippen LogP contribution in [0.5, 0.6) is 17.2 Å². The molecule has 3 aromatic rings. The summed E-state index contributed by atoms with van der Waals surface area (Å²) in [5.74, 6) is 2.32. The number of aromatic hydroxyl groups is 1. The molecule has 2 aliphatic rings. The van der Waals surface area contributed by atoms with Gasteiger partial charge in [0.2, 0.25) is 0 Å². The second-order valence-electron chi connectivity index (χ2n) is 12.0. The van der Waals surface area contributed by atoms with E-state index in [0.717, 1.165) is 30.1 Å². The van der Waals surface area contributed by atoms with Gasteiger partial charge in [-0.15, -0.1) is 0 Å². The Morgan fingerprint density at radius 3 is 2.07 bits per heavy atom. The van der Waals surface area contributed by atoms with Crippen molar-refractivity contribution in [2.24, 2.45) is 0 Å². The maximum atomic E-state index is 10.0. The molecule has 220 valence electrons. The van der Waals surface area contributed by atoms with Crippen molar-refractivity contribution in [3.05, 3.63) is 89.5 Å². The van der Waals surface area contributed by atoms with Crippen LogP contribution >= 0.6 is 0 Å². The molecule has 41 heavy (non-hydrogen) atoms. The SMILES string of the molecule is Oc1ccc2c(c1)OC[C@H](c1ccccc1)C2c1ccc(OCCCCCCCCCCCCN2CCCC2)cc1. The molecule has 5 rings (SSSR count). The normalized spacial score (nSPS) is 18.6. The van der Waals surface area contributed by atoms with Gasteiger partial charge in [-0.2, -0.15) is 0 Å². The molecule has 0 saturated carbocycles. The van der Waals surface area contributed by atoms with Crippen LogP contribution in [0.25, 0.3) is 0 Å². The molecule has 1 fully saturated rings. The number of nitrogens with zero attached hydrogens (tertiary/aromatic N) is 1. The third kappa shape index (κ3) is 8.75. The van der Waals surface area contributed by atoms with Crippen molar-refractivity contribution in [2.45, 2.75) is 88.9 Å². The summed E-state index contributed by atoms with van der Waals surface area (Å²) < 4.78 is 12.2. The van der Waals surface area contributed by atoms with Crippen LogP contribution in [0.2, 0.25) is 0 Å². The van der Waals surface area contributed by atoms with Crippen molar-refractivity contribution < 1.29 is 14.6 Å². The Kier molecular flexibility index (Phi) is 11.4. The molecular formula is C37H49NO3. The summed E-state index contributed by atoms with van der Waals surface area (Å²) in [4.78, 5) is 2.64. The summed E-state index contributed by atoms with van der Waals surface area (Å²) in [5.41, 5.74) is 3.63. The highest BCUT2D eigenvalue weighted by atomic mass is 16.5. The standard InChI is InChI=1S/C37H49NO3/c39-32-20-23-34-36(28-32)41-29-35(30-16-10-9-11-17-30)37(34)31-18-21-33(22-19-31)40-27-15-8-6-4-2-1-3-5-7-12-24-38-25-13-14-26-38/h9-11,16-23,28,35,37,39H,1-8,12-15,24-27,29H2/t35-,37?/m1/s1. The molecule has 2 heterocycles. The van der Waals surface area contributed by atoms with E-state index in [-0.39, 0.29) is 17.6 Å². The molecule has 2 aliphatic heterocycles. The van der Waals surface area contributed by atoms with Crippen molar-refractivity contribution in [1.29, 1.82) is 0 Å². The van der Waals surface area contributed by atoms with Crippen LogP contribution in [-0.4, -0.2) is 42.9 Å². The smallest absolute Gasteiger partial charge is 0.126 e. The Balaban J connectivity index is 1.00. The van der Waals surface area contributed by atoms with Gasteiger partial charge in [0.1, 0.15) is 17.2 Å². The van der Waals surface area contributed by atoms with Gasteiger partial charge in [-0.05, 0) is 74.6 Å². The number of likely N-dealkylation sites (tertiary alicyclic amines) is 1. The van der Waals surface area contributed by atoms with E-state index in [1.165, 1.54) is 101 Å². The zero-order valence-corrected chi connectivity index (χ0v) is 24.8. The fourth-order valence-corrected chi connectivity index (χ4v) is 6.62. The second-order valence-corrected chi connectivity index (χ2v) is 12.0. The highest BCUT2D eigenvalue weighted by molar-refractivity contribution is 5.50. The fourth-order valence-electron chi connectivity index (χ4n) is 6.62. The van der Waals surface area contributed by atoms with E-state index in [1.807, 2.05) is 6.07 Å². The number of phenols is 1. The quantitative estimate of drug-likeness (QED) is 0.179. The van der Waals surface area contributed by atoms with Crippen molar-refractivity contribution >= 4 is 0 Å². The van der Waals surface area contributed by atoms with Crippen LogP contribution in [0.4, 0.5) is 0 Å². The molecule has 1 N–H and O–H groups in total. The van der Waals surface area contributed by atoms with E-state index in [9.17, 15) is 5.11 Å². The Hall–Kier alpha value is -2.98. The predicted molar refractivity (Wildman–Crippen MR) is 168 cm³/mol. The number of rotatable bonds is 16. The number of unbranched alkanes of at least 4 members (excludes halogenated alkanes) is 9. The van der Waals surface area contributed by atoms with Crippen molar-refractivity contribution in [2.75, 3.05) is 32.8 Å². The number of hydrogen-bond donors (Lipinski definition) is 1. The Morgan fingerprint density at radius 2 is 1.37 bits per heavy atom. The summed E-state index contributed by atoms with van der Waals surface area (Å²) in [6.45, 7) is 5.38. The monoisotopic (exact) mass is 555 g/mol. The van der Waals surface area contributed by atoms with Crippen LogP contribution in [0, 0.1) is 0 Å². The van der Waals surface area contributed by atoms with E-state index < -0.39 is 0 Å². The van der Waals surface area contributed by atoms with Gasteiger partial charge in [0.15, 0.2) is 0 Å². The highest BCUT2D eigenvalue weighted by Gasteiger charge is 2.33. The zero-order valence-electron chi connectivity index (χ0n) is 24.8. The van der Waals surface area contributed by atoms with E-state index in [1.54, 1.807) is 12.1 Å². The molecule has 4 heteroatoms. The van der Waals surface area contributed by atoms with Crippen LogP contribution < -0.4 is 9.47 Å². The topological polar surface area (TPSA) is 41.9 Å². The molecule has 0 bridgehead atoms. The molecule has 3 aromatic carbocycles. The molecule has 1 unspecified atom stereocenters. The maximum Gasteiger partial charge on any atom is 0.126 e. The van der Waals surface area contributed by atoms with Gasteiger partial charge in [-0.1, -0.05) is 99.9 Å². The highest BCUT2D eigenvalue weighted by Crippen LogP contribution is 2.47. The van der Waals surface area contributed by atoms with Gasteiger partial charge in [-0.25, -0.2) is 0 Å². The summed E-state index contributed by atoms with van der Waals surface area (Å²) in [7, 11) is 0. The minimum absolute atomic E-state index is 0.158. The average molecular weight is 556 g/mol. The van der Waals surface area contributed by atoms with Gasteiger partial charge in [0.25, 0.3) is 0 Å².